The molecule has 0 saturated heterocycles. The first-order chi connectivity index (χ1) is 9.42. The average molecular weight is 249 g/mol. The maximum Gasteiger partial charge on any atom is 0.0646 e. The molecule has 0 fully saturated rings. The van der Waals surface area contributed by atoms with Gasteiger partial charge < -0.3 is 0 Å². The molecule has 1 aliphatic rings. The minimum Gasteiger partial charge on any atom is -0.288 e. The van der Waals surface area contributed by atoms with Gasteiger partial charge in [-0.3, -0.25) is 4.99 Å². The van der Waals surface area contributed by atoms with Gasteiger partial charge in [0.25, 0.3) is 0 Å². The molecule has 2 aromatic rings. The van der Waals surface area contributed by atoms with Gasteiger partial charge in [-0.2, -0.15) is 0 Å². The predicted molar refractivity (Wildman–Crippen MR) is 80.8 cm³/mol. The topological polar surface area (TPSA) is 12.4 Å². The largest absolute Gasteiger partial charge is 0.288 e. The van der Waals surface area contributed by atoms with Crippen molar-refractivity contribution in [2.45, 2.75) is 32.2 Å². The van der Waals surface area contributed by atoms with Crippen molar-refractivity contribution in [1.82, 2.24) is 0 Å². The molecule has 1 aliphatic heterocycles. The van der Waals surface area contributed by atoms with E-state index >= 15 is 0 Å². The third kappa shape index (κ3) is 3.11. The van der Waals surface area contributed by atoms with Crippen LogP contribution in [0.5, 0.6) is 0 Å². The maximum absolute atomic E-state index is 4.30. The monoisotopic (exact) mass is 249 g/mol. The number of hydrogen-bond donors (Lipinski definition) is 0. The van der Waals surface area contributed by atoms with Gasteiger partial charge in [0.2, 0.25) is 0 Å². The molecule has 96 valence electrons. The van der Waals surface area contributed by atoms with Gasteiger partial charge in [-0.1, -0.05) is 48.5 Å². The highest BCUT2D eigenvalue weighted by atomic mass is 14.7. The lowest BCUT2D eigenvalue weighted by Gasteiger charge is -2.05. The summed E-state index contributed by atoms with van der Waals surface area (Å²) in [6.45, 7) is 0.868. The first kappa shape index (κ1) is 12.2. The van der Waals surface area contributed by atoms with E-state index in [-0.39, 0.29) is 0 Å². The summed E-state index contributed by atoms with van der Waals surface area (Å²) < 4.78 is 0. The van der Waals surface area contributed by atoms with Crippen LogP contribution in [0.4, 0.5) is 0 Å². The summed E-state index contributed by atoms with van der Waals surface area (Å²) in [7, 11) is 0. The summed E-state index contributed by atoms with van der Waals surface area (Å²) in [5, 5.41) is 0. The van der Waals surface area contributed by atoms with Crippen molar-refractivity contribution in [2.24, 2.45) is 4.99 Å². The molecule has 0 aromatic heterocycles. The third-order valence-electron chi connectivity index (χ3n) is 3.72. The van der Waals surface area contributed by atoms with E-state index in [0.717, 1.165) is 6.54 Å². The van der Waals surface area contributed by atoms with Crippen molar-refractivity contribution < 1.29 is 0 Å². The summed E-state index contributed by atoms with van der Waals surface area (Å²) >= 11 is 0. The van der Waals surface area contributed by atoms with Crippen molar-refractivity contribution in [3.05, 3.63) is 70.8 Å². The molecule has 0 amide bonds. The van der Waals surface area contributed by atoms with E-state index in [1.165, 1.54) is 47.9 Å². The second-order valence-electron chi connectivity index (χ2n) is 5.20. The molecule has 0 unspecified atom stereocenters. The summed E-state index contributed by atoms with van der Waals surface area (Å²) in [5.41, 5.74) is 5.59. The first-order valence-electron chi connectivity index (χ1n) is 7.07. The van der Waals surface area contributed by atoms with Crippen molar-refractivity contribution in [3.8, 4) is 0 Å². The highest BCUT2D eigenvalue weighted by Crippen LogP contribution is 2.18. The highest BCUT2D eigenvalue weighted by molar-refractivity contribution is 5.84. The van der Waals surface area contributed by atoms with E-state index in [0.29, 0.717) is 0 Å². The summed E-state index contributed by atoms with van der Waals surface area (Å²) in [6, 6.07) is 17.5. The summed E-state index contributed by atoms with van der Waals surface area (Å²) in [5.74, 6) is 0. The van der Waals surface area contributed by atoms with E-state index < -0.39 is 0 Å². The van der Waals surface area contributed by atoms with Crippen LogP contribution in [0.15, 0.2) is 53.5 Å². The second-order valence-corrected chi connectivity index (χ2v) is 5.20. The third-order valence-corrected chi connectivity index (χ3v) is 3.72. The number of aliphatic imine (C=N–C) groups is 1. The average Bonchev–Trinajstić information content (AvgIpc) is 2.92. The standard InChI is InChI=1S/C18H19N/c1-2-6-15(7-3-1)8-4-5-9-16-10-11-17-13-19-14-18(17)12-16/h1-3,6-7,10-13H,4-5,8-9,14H2. The number of rotatable bonds is 5. The van der Waals surface area contributed by atoms with Crippen LogP contribution in [-0.4, -0.2) is 6.21 Å². The molecule has 0 spiro atoms. The molecule has 0 aliphatic carbocycles. The molecule has 0 saturated carbocycles. The van der Waals surface area contributed by atoms with Crippen LogP contribution in [0.25, 0.3) is 0 Å². The fourth-order valence-electron chi connectivity index (χ4n) is 2.62. The lowest BCUT2D eigenvalue weighted by molar-refractivity contribution is 0.734. The molecule has 1 heterocycles. The van der Waals surface area contributed by atoms with Gasteiger partial charge in [-0.15, -0.1) is 0 Å². The zero-order valence-electron chi connectivity index (χ0n) is 11.2. The molecule has 0 N–H and O–H groups in total. The molecule has 0 bridgehead atoms. The van der Waals surface area contributed by atoms with Crippen LogP contribution < -0.4 is 0 Å². The van der Waals surface area contributed by atoms with Gasteiger partial charge in [0.1, 0.15) is 0 Å². The van der Waals surface area contributed by atoms with E-state index in [2.05, 4.69) is 53.5 Å². The zero-order chi connectivity index (χ0) is 12.9. The van der Waals surface area contributed by atoms with Gasteiger partial charge in [0, 0.05) is 6.21 Å². The van der Waals surface area contributed by atoms with Crippen molar-refractivity contribution in [2.75, 3.05) is 0 Å². The fourth-order valence-corrected chi connectivity index (χ4v) is 2.62. The van der Waals surface area contributed by atoms with E-state index in [4.69, 9.17) is 0 Å². The van der Waals surface area contributed by atoms with Crippen LogP contribution in [0.1, 0.15) is 35.1 Å². The predicted octanol–water partition coefficient (Wildman–Crippen LogP) is 4.18. The molecular formula is C18H19N. The zero-order valence-corrected chi connectivity index (χ0v) is 11.2. The van der Waals surface area contributed by atoms with E-state index in [9.17, 15) is 0 Å². The molecule has 1 nitrogen and oxygen atoms in total. The number of hydrogen-bond acceptors (Lipinski definition) is 1. The second kappa shape index (κ2) is 5.83. The van der Waals surface area contributed by atoms with Crippen LogP contribution in [0, 0.1) is 0 Å². The maximum atomic E-state index is 4.30. The van der Waals surface area contributed by atoms with E-state index in [1.54, 1.807) is 0 Å². The van der Waals surface area contributed by atoms with Crippen LogP contribution >= 0.6 is 0 Å². The van der Waals surface area contributed by atoms with Crippen molar-refractivity contribution in [1.29, 1.82) is 0 Å². The summed E-state index contributed by atoms with van der Waals surface area (Å²) in [4.78, 5) is 4.30. The number of aryl methyl sites for hydroxylation is 2. The van der Waals surface area contributed by atoms with Crippen LogP contribution in [0.3, 0.4) is 0 Å². The molecule has 1 heteroatoms. The Balaban J connectivity index is 1.48. The number of nitrogens with zero attached hydrogens (tertiary/aromatic N) is 1. The van der Waals surface area contributed by atoms with Crippen molar-refractivity contribution >= 4 is 6.21 Å². The lowest BCUT2D eigenvalue weighted by Crippen LogP contribution is -1.92. The number of benzene rings is 2. The summed E-state index contributed by atoms with van der Waals surface area (Å²) in [6.07, 6.45) is 6.87. The highest BCUT2D eigenvalue weighted by Gasteiger charge is 2.06. The Hall–Kier alpha value is -1.89. The lowest BCUT2D eigenvalue weighted by atomic mass is 10.0. The Morgan fingerprint density at radius 2 is 1.63 bits per heavy atom. The van der Waals surface area contributed by atoms with Gasteiger partial charge in [0.05, 0.1) is 6.54 Å². The molecular weight excluding hydrogens is 230 g/mol. The Morgan fingerprint density at radius 1 is 0.842 bits per heavy atom. The van der Waals surface area contributed by atoms with Gasteiger partial charge in [-0.05, 0) is 47.9 Å². The molecule has 0 atom stereocenters. The normalized spacial score (nSPS) is 12.6. The number of unbranched alkanes of at least 4 members (excludes halogenated alkanes) is 1. The van der Waals surface area contributed by atoms with Crippen molar-refractivity contribution in [3.63, 3.8) is 0 Å². The Bertz CT molecular complexity index is 569. The smallest absolute Gasteiger partial charge is 0.0646 e. The SMILES string of the molecule is C1=NCc2cc(CCCCc3ccccc3)ccc21. The van der Waals surface area contributed by atoms with E-state index in [1.807, 2.05) is 6.21 Å². The Kier molecular flexibility index (Phi) is 3.73. The minimum absolute atomic E-state index is 0.868. The van der Waals surface area contributed by atoms with Crippen LogP contribution in [-0.2, 0) is 19.4 Å². The van der Waals surface area contributed by atoms with Crippen LogP contribution in [0.2, 0.25) is 0 Å². The minimum atomic E-state index is 0.868. The number of fused-ring (bicyclic) bond motifs is 1. The Morgan fingerprint density at radius 3 is 2.47 bits per heavy atom. The molecule has 0 radical (unpaired) electrons. The molecule has 2 aromatic carbocycles. The quantitative estimate of drug-likeness (QED) is 0.705. The van der Waals surface area contributed by atoms with Gasteiger partial charge in [-0.25, -0.2) is 0 Å². The van der Waals surface area contributed by atoms with Gasteiger partial charge in [0.15, 0.2) is 0 Å². The first-order valence-corrected chi connectivity index (χ1v) is 7.07. The molecule has 19 heavy (non-hydrogen) atoms. The van der Waals surface area contributed by atoms with Gasteiger partial charge >= 0.3 is 0 Å². The molecule has 3 rings (SSSR count). The fraction of sp³-hybridized carbons (Fsp3) is 0.278. The Labute approximate surface area is 115 Å².